The van der Waals surface area contributed by atoms with Gasteiger partial charge in [-0.15, -0.1) is 0 Å². The fraction of sp³-hybridized carbons (Fsp3) is 1.00. The molecule has 0 nitrogen and oxygen atoms in total. The van der Waals surface area contributed by atoms with Gasteiger partial charge < -0.3 is 0 Å². The summed E-state index contributed by atoms with van der Waals surface area (Å²) < 4.78 is 0.168. The predicted molar refractivity (Wildman–Crippen MR) is 67.8 cm³/mol. The zero-order valence-electron chi connectivity index (χ0n) is 10.5. The highest BCUT2D eigenvalue weighted by Gasteiger charge is 2.42. The van der Waals surface area contributed by atoms with Crippen molar-refractivity contribution < 1.29 is 0 Å². The molecule has 0 amide bonds. The molecule has 0 bridgehead atoms. The van der Waals surface area contributed by atoms with Crippen LogP contribution in [0.1, 0.15) is 48.0 Å². The summed E-state index contributed by atoms with van der Waals surface area (Å²) in [5.74, 6) is 4.10. The zero-order chi connectivity index (χ0) is 11.1. The number of thiol groups is 1. The molecule has 1 heteroatoms. The SMILES string of the molecule is CC1CC(C)C(C)C(C(C)(C)S)C1C. The Morgan fingerprint density at radius 3 is 1.57 bits per heavy atom. The van der Waals surface area contributed by atoms with Crippen molar-refractivity contribution in [2.24, 2.45) is 29.6 Å². The van der Waals surface area contributed by atoms with E-state index in [1.807, 2.05) is 0 Å². The summed E-state index contributed by atoms with van der Waals surface area (Å²) in [4.78, 5) is 0. The lowest BCUT2D eigenvalue weighted by Gasteiger charge is -2.48. The molecule has 1 saturated carbocycles. The smallest absolute Gasteiger partial charge is 0.0107 e. The minimum atomic E-state index is 0.168. The van der Waals surface area contributed by atoms with Gasteiger partial charge in [-0.25, -0.2) is 0 Å². The zero-order valence-corrected chi connectivity index (χ0v) is 11.4. The van der Waals surface area contributed by atoms with Crippen LogP contribution in [-0.2, 0) is 0 Å². The lowest BCUT2D eigenvalue weighted by atomic mass is 9.60. The van der Waals surface area contributed by atoms with Crippen molar-refractivity contribution in [1.82, 2.24) is 0 Å². The fourth-order valence-electron chi connectivity index (χ4n) is 3.49. The van der Waals surface area contributed by atoms with E-state index < -0.39 is 0 Å². The van der Waals surface area contributed by atoms with Crippen LogP contribution in [0.3, 0.4) is 0 Å². The van der Waals surface area contributed by atoms with Crippen LogP contribution in [0.5, 0.6) is 0 Å². The van der Waals surface area contributed by atoms with E-state index in [0.29, 0.717) is 0 Å². The minimum Gasteiger partial charge on any atom is -0.173 e. The van der Waals surface area contributed by atoms with Crippen LogP contribution in [0.2, 0.25) is 0 Å². The van der Waals surface area contributed by atoms with E-state index in [9.17, 15) is 0 Å². The lowest BCUT2D eigenvalue weighted by molar-refractivity contribution is 0.0533. The molecule has 0 aromatic heterocycles. The molecule has 1 fully saturated rings. The molecule has 4 unspecified atom stereocenters. The van der Waals surface area contributed by atoms with E-state index >= 15 is 0 Å². The highest BCUT2D eigenvalue weighted by Crippen LogP contribution is 2.48. The second-order valence-electron chi connectivity index (χ2n) is 6.09. The molecule has 0 saturated heterocycles. The van der Waals surface area contributed by atoms with Crippen LogP contribution in [0, 0.1) is 29.6 Å². The summed E-state index contributed by atoms with van der Waals surface area (Å²) in [6, 6.07) is 0. The highest BCUT2D eigenvalue weighted by molar-refractivity contribution is 7.81. The molecule has 4 atom stereocenters. The van der Waals surface area contributed by atoms with E-state index in [1.165, 1.54) is 6.42 Å². The standard InChI is InChI=1S/C13H26S/c1-8-7-9(2)11(4)12(10(8)3)13(5,6)14/h8-12,14H,7H2,1-6H3. The maximum Gasteiger partial charge on any atom is 0.0107 e. The Bertz CT molecular complexity index is 178. The Morgan fingerprint density at radius 2 is 1.29 bits per heavy atom. The van der Waals surface area contributed by atoms with Crippen LogP contribution in [0.15, 0.2) is 0 Å². The van der Waals surface area contributed by atoms with E-state index in [-0.39, 0.29) is 4.75 Å². The van der Waals surface area contributed by atoms with Crippen molar-refractivity contribution in [3.63, 3.8) is 0 Å². The summed E-state index contributed by atoms with van der Waals surface area (Å²) >= 11 is 4.80. The molecule has 0 radical (unpaired) electrons. The van der Waals surface area contributed by atoms with Gasteiger partial charge >= 0.3 is 0 Å². The van der Waals surface area contributed by atoms with Crippen LogP contribution < -0.4 is 0 Å². The van der Waals surface area contributed by atoms with Gasteiger partial charge in [-0.1, -0.05) is 41.5 Å². The van der Waals surface area contributed by atoms with Crippen LogP contribution >= 0.6 is 12.6 Å². The van der Waals surface area contributed by atoms with Crippen molar-refractivity contribution in [3.8, 4) is 0 Å². The van der Waals surface area contributed by atoms with E-state index in [2.05, 4.69) is 41.5 Å². The first-order valence-electron chi connectivity index (χ1n) is 5.97. The maximum atomic E-state index is 4.80. The first kappa shape index (κ1) is 12.4. The molecule has 1 rings (SSSR count). The number of hydrogen-bond donors (Lipinski definition) is 1. The van der Waals surface area contributed by atoms with Crippen molar-refractivity contribution >= 4 is 12.6 Å². The molecule has 1 aliphatic rings. The Balaban J connectivity index is 2.88. The summed E-state index contributed by atoms with van der Waals surface area (Å²) in [5, 5.41) is 0. The normalized spacial score (nSPS) is 45.2. The summed E-state index contributed by atoms with van der Waals surface area (Å²) in [5.41, 5.74) is 0. The fourth-order valence-corrected chi connectivity index (χ4v) is 3.96. The predicted octanol–water partition coefficient (Wildman–Crippen LogP) is 4.26. The summed E-state index contributed by atoms with van der Waals surface area (Å²) in [6.45, 7) is 14.2. The van der Waals surface area contributed by atoms with Gasteiger partial charge in [0.25, 0.3) is 0 Å². The molecule has 0 N–H and O–H groups in total. The second kappa shape index (κ2) is 4.08. The monoisotopic (exact) mass is 214 g/mol. The van der Waals surface area contributed by atoms with Gasteiger partial charge in [0, 0.05) is 4.75 Å². The minimum absolute atomic E-state index is 0.168. The van der Waals surface area contributed by atoms with Crippen molar-refractivity contribution in [3.05, 3.63) is 0 Å². The van der Waals surface area contributed by atoms with Gasteiger partial charge in [0.15, 0.2) is 0 Å². The molecule has 0 aliphatic heterocycles. The molecular formula is C13H26S. The molecule has 0 spiro atoms. The molecular weight excluding hydrogens is 188 g/mol. The third kappa shape index (κ3) is 2.29. The molecule has 1 aliphatic carbocycles. The maximum absolute atomic E-state index is 4.80. The topological polar surface area (TPSA) is 0 Å². The highest BCUT2D eigenvalue weighted by atomic mass is 32.1. The van der Waals surface area contributed by atoms with Gasteiger partial charge in [-0.05, 0) is 36.0 Å². The Kier molecular flexibility index (Phi) is 3.62. The first-order valence-corrected chi connectivity index (χ1v) is 6.42. The van der Waals surface area contributed by atoms with E-state index in [1.54, 1.807) is 0 Å². The molecule has 0 heterocycles. The quantitative estimate of drug-likeness (QED) is 0.620. The van der Waals surface area contributed by atoms with Crippen molar-refractivity contribution in [1.29, 1.82) is 0 Å². The van der Waals surface area contributed by atoms with E-state index in [0.717, 1.165) is 29.6 Å². The average molecular weight is 214 g/mol. The summed E-state index contributed by atoms with van der Waals surface area (Å²) in [7, 11) is 0. The van der Waals surface area contributed by atoms with Gasteiger partial charge in [-0.3, -0.25) is 0 Å². The third-order valence-corrected chi connectivity index (χ3v) is 4.79. The third-order valence-electron chi connectivity index (χ3n) is 4.49. The number of rotatable bonds is 1. The number of hydrogen-bond acceptors (Lipinski definition) is 1. The van der Waals surface area contributed by atoms with Gasteiger partial charge in [0.2, 0.25) is 0 Å². The largest absolute Gasteiger partial charge is 0.173 e. The molecule has 84 valence electrons. The van der Waals surface area contributed by atoms with Crippen molar-refractivity contribution in [2.45, 2.75) is 52.7 Å². The molecule has 14 heavy (non-hydrogen) atoms. The van der Waals surface area contributed by atoms with Gasteiger partial charge in [-0.2, -0.15) is 12.6 Å². The Hall–Kier alpha value is 0.350. The Morgan fingerprint density at radius 1 is 0.929 bits per heavy atom. The molecule has 0 aromatic carbocycles. The van der Waals surface area contributed by atoms with Crippen LogP contribution in [0.4, 0.5) is 0 Å². The average Bonchev–Trinajstić information content (AvgIpc) is 1.98. The van der Waals surface area contributed by atoms with Gasteiger partial charge in [0.05, 0.1) is 0 Å². The van der Waals surface area contributed by atoms with Crippen LogP contribution in [-0.4, -0.2) is 4.75 Å². The van der Waals surface area contributed by atoms with E-state index in [4.69, 9.17) is 12.6 Å². The Labute approximate surface area is 95.3 Å². The van der Waals surface area contributed by atoms with Crippen LogP contribution in [0.25, 0.3) is 0 Å². The summed E-state index contributed by atoms with van der Waals surface area (Å²) in [6.07, 6.45) is 1.39. The van der Waals surface area contributed by atoms with Crippen molar-refractivity contribution in [2.75, 3.05) is 0 Å². The second-order valence-corrected chi connectivity index (χ2v) is 7.24. The molecule has 0 aromatic rings. The first-order chi connectivity index (χ1) is 6.25. The van der Waals surface area contributed by atoms with Gasteiger partial charge in [0.1, 0.15) is 0 Å². The lowest BCUT2D eigenvalue weighted by Crippen LogP contribution is -2.44.